The Labute approximate surface area is 192 Å². The molecule has 0 saturated carbocycles. The molecular formula is C25H19IrN2O3-. The molecule has 5 rings (SSSR count). The predicted molar refractivity (Wildman–Crippen MR) is 118 cm³/mol. The van der Waals surface area contributed by atoms with Crippen molar-refractivity contribution in [3.63, 3.8) is 0 Å². The third-order valence-corrected chi connectivity index (χ3v) is 4.54. The normalized spacial score (nSPS) is 11.1. The van der Waals surface area contributed by atoms with Crippen LogP contribution in [0.1, 0.15) is 13.8 Å². The van der Waals surface area contributed by atoms with Gasteiger partial charge in [0, 0.05) is 48.0 Å². The van der Waals surface area contributed by atoms with Crippen LogP contribution in [0.3, 0.4) is 0 Å². The van der Waals surface area contributed by atoms with E-state index in [0.717, 1.165) is 38.4 Å². The summed E-state index contributed by atoms with van der Waals surface area (Å²) in [6.45, 7) is 2.85. The second-order valence-corrected chi connectivity index (χ2v) is 6.84. The van der Waals surface area contributed by atoms with Gasteiger partial charge < -0.3 is 9.52 Å². The summed E-state index contributed by atoms with van der Waals surface area (Å²) in [6.07, 6.45) is 2.71. The number of hydrogen-bond donors (Lipinski definition) is 1. The second-order valence-electron chi connectivity index (χ2n) is 6.84. The van der Waals surface area contributed by atoms with Crippen LogP contribution in [0.4, 0.5) is 0 Å². The van der Waals surface area contributed by atoms with E-state index in [9.17, 15) is 4.79 Å². The second kappa shape index (κ2) is 9.65. The number of aliphatic hydroxyl groups is 1. The minimum atomic E-state index is -0.125. The van der Waals surface area contributed by atoms with Crippen molar-refractivity contribution >= 4 is 38.6 Å². The van der Waals surface area contributed by atoms with E-state index in [1.165, 1.54) is 19.9 Å². The van der Waals surface area contributed by atoms with Crippen LogP contribution in [0.5, 0.6) is 0 Å². The van der Waals surface area contributed by atoms with Gasteiger partial charge in [0.25, 0.3) is 0 Å². The molecule has 2 heterocycles. The van der Waals surface area contributed by atoms with E-state index < -0.39 is 0 Å². The number of aromatic nitrogens is 2. The maximum Gasteiger partial charge on any atom is 0.221 e. The van der Waals surface area contributed by atoms with Crippen LogP contribution in [0.15, 0.2) is 83.2 Å². The van der Waals surface area contributed by atoms with Crippen molar-refractivity contribution in [1.29, 1.82) is 0 Å². The number of aliphatic hydroxyl groups excluding tert-OH is 1. The standard InChI is InChI=1S/C20H11N2O.C5H8O2.Ir/c1-2-7-14(8-3-1)18-17-16-11-10-13-6-4-5-9-15(13)19(16)23-20(17)22-12-21-18;1-4(6)3-5(2)7;/h1-7,9-12H;3,6H,1-2H3;/q-1;;/b;4-3-;. The summed E-state index contributed by atoms with van der Waals surface area (Å²) in [4.78, 5) is 18.8. The van der Waals surface area contributed by atoms with E-state index in [1.807, 2.05) is 36.4 Å². The summed E-state index contributed by atoms with van der Waals surface area (Å²) in [5.74, 6) is -0.0625. The van der Waals surface area contributed by atoms with Gasteiger partial charge in [0.05, 0.1) is 5.76 Å². The maximum atomic E-state index is 10.0. The molecule has 1 radical (unpaired) electrons. The Hall–Kier alpha value is -3.34. The number of furan rings is 1. The van der Waals surface area contributed by atoms with Gasteiger partial charge in [-0.2, -0.15) is 0 Å². The molecule has 0 fully saturated rings. The number of carbonyl (C=O) groups excluding carboxylic acids is 1. The number of rotatable bonds is 2. The van der Waals surface area contributed by atoms with Gasteiger partial charge in [0.15, 0.2) is 5.78 Å². The first kappa shape index (κ1) is 22.3. The first-order valence-corrected chi connectivity index (χ1v) is 9.44. The molecule has 0 aliphatic heterocycles. The van der Waals surface area contributed by atoms with Gasteiger partial charge in [-0.25, -0.2) is 4.98 Å². The molecule has 157 valence electrons. The maximum absolute atomic E-state index is 10.0. The van der Waals surface area contributed by atoms with E-state index >= 15 is 0 Å². The van der Waals surface area contributed by atoms with Crippen LogP contribution in [0.2, 0.25) is 0 Å². The molecule has 6 heteroatoms. The van der Waals surface area contributed by atoms with Crippen LogP contribution in [-0.2, 0) is 24.9 Å². The molecule has 0 saturated heterocycles. The number of ketones is 1. The third-order valence-electron chi connectivity index (χ3n) is 4.54. The SMILES string of the molecule is CC(=O)/C=C(/C)O.[Ir].[c-]1ccccc1-c1ncnc2oc3c4ccccc4ccc3c12. The molecule has 0 amide bonds. The van der Waals surface area contributed by atoms with Crippen LogP contribution >= 0.6 is 0 Å². The van der Waals surface area contributed by atoms with Crippen LogP contribution in [-0.4, -0.2) is 20.9 Å². The molecule has 0 unspecified atom stereocenters. The molecule has 1 N–H and O–H groups in total. The summed E-state index contributed by atoms with van der Waals surface area (Å²) in [5.41, 5.74) is 3.26. The van der Waals surface area contributed by atoms with Gasteiger partial charge in [-0.3, -0.25) is 9.78 Å². The zero-order valence-electron chi connectivity index (χ0n) is 16.9. The minimum Gasteiger partial charge on any atom is -0.512 e. The first-order chi connectivity index (χ1) is 14.5. The van der Waals surface area contributed by atoms with E-state index in [4.69, 9.17) is 9.52 Å². The van der Waals surface area contributed by atoms with Crippen LogP contribution in [0.25, 0.3) is 44.1 Å². The Morgan fingerprint density at radius 2 is 1.77 bits per heavy atom. The molecule has 0 aliphatic rings. The number of carbonyl (C=O) groups is 1. The number of hydrogen-bond acceptors (Lipinski definition) is 5. The van der Waals surface area contributed by atoms with Gasteiger partial charge in [0.2, 0.25) is 5.71 Å². The zero-order chi connectivity index (χ0) is 21.1. The van der Waals surface area contributed by atoms with Crippen molar-refractivity contribution < 1.29 is 34.4 Å². The van der Waals surface area contributed by atoms with E-state index in [2.05, 4.69) is 40.3 Å². The molecule has 0 spiro atoms. The van der Waals surface area contributed by atoms with Gasteiger partial charge in [-0.15, -0.1) is 35.9 Å². The topological polar surface area (TPSA) is 76.2 Å². The Kier molecular flexibility index (Phi) is 6.95. The monoisotopic (exact) mass is 588 g/mol. The fourth-order valence-electron chi connectivity index (χ4n) is 3.38. The minimum absolute atomic E-state index is 0. The Morgan fingerprint density at radius 3 is 2.45 bits per heavy atom. The van der Waals surface area contributed by atoms with Crippen molar-refractivity contribution in [3.8, 4) is 11.3 Å². The van der Waals surface area contributed by atoms with E-state index in [-0.39, 0.29) is 31.6 Å². The Morgan fingerprint density at radius 1 is 1.00 bits per heavy atom. The summed E-state index contributed by atoms with van der Waals surface area (Å²) < 4.78 is 6.06. The average Bonchev–Trinajstić information content (AvgIpc) is 3.13. The fourth-order valence-corrected chi connectivity index (χ4v) is 3.38. The van der Waals surface area contributed by atoms with Crippen LogP contribution < -0.4 is 0 Å². The first-order valence-electron chi connectivity index (χ1n) is 9.44. The fraction of sp³-hybridized carbons (Fsp3) is 0.0800. The third kappa shape index (κ3) is 4.71. The van der Waals surface area contributed by atoms with E-state index in [1.54, 1.807) is 6.33 Å². The zero-order valence-corrected chi connectivity index (χ0v) is 19.3. The molecule has 5 nitrogen and oxygen atoms in total. The molecular weight excluding hydrogens is 569 g/mol. The Balaban J connectivity index is 0.000000299. The molecule has 0 atom stereocenters. The van der Waals surface area contributed by atoms with Gasteiger partial charge in [-0.05, 0) is 19.2 Å². The smallest absolute Gasteiger partial charge is 0.221 e. The molecule has 2 aromatic heterocycles. The largest absolute Gasteiger partial charge is 0.512 e. The number of allylic oxidation sites excluding steroid dienone is 2. The van der Waals surface area contributed by atoms with Gasteiger partial charge >= 0.3 is 0 Å². The molecule has 0 aliphatic carbocycles. The van der Waals surface area contributed by atoms with Crippen LogP contribution in [0, 0.1) is 6.07 Å². The van der Waals surface area contributed by atoms with Gasteiger partial charge in [-0.1, -0.05) is 36.4 Å². The average molecular weight is 588 g/mol. The summed E-state index contributed by atoms with van der Waals surface area (Å²) in [7, 11) is 0. The summed E-state index contributed by atoms with van der Waals surface area (Å²) in [5, 5.41) is 12.6. The number of benzene rings is 3. The quantitative estimate of drug-likeness (QED) is 0.155. The predicted octanol–water partition coefficient (Wildman–Crippen LogP) is 6.03. The van der Waals surface area contributed by atoms with Crippen molar-refractivity contribution in [1.82, 2.24) is 9.97 Å². The Bertz CT molecular complexity index is 1390. The molecule has 5 aromatic rings. The summed E-state index contributed by atoms with van der Waals surface area (Å²) >= 11 is 0. The number of nitrogens with zero attached hydrogens (tertiary/aromatic N) is 2. The summed E-state index contributed by atoms with van der Waals surface area (Å²) in [6, 6.07) is 23.5. The molecule has 3 aromatic carbocycles. The van der Waals surface area contributed by atoms with Crippen molar-refractivity contribution in [3.05, 3.63) is 84.9 Å². The number of fused-ring (bicyclic) bond motifs is 5. The van der Waals surface area contributed by atoms with Crippen molar-refractivity contribution in [2.45, 2.75) is 13.8 Å². The van der Waals surface area contributed by atoms with E-state index in [0.29, 0.717) is 5.71 Å². The van der Waals surface area contributed by atoms with Crippen molar-refractivity contribution in [2.24, 2.45) is 0 Å². The van der Waals surface area contributed by atoms with Gasteiger partial charge in [0.1, 0.15) is 11.9 Å². The molecule has 31 heavy (non-hydrogen) atoms. The van der Waals surface area contributed by atoms with Crippen molar-refractivity contribution in [2.75, 3.05) is 0 Å². The molecule has 0 bridgehead atoms.